The molecule has 36 heavy (non-hydrogen) atoms. The number of carbonyl (C=O) groups excluding carboxylic acids is 1. The summed E-state index contributed by atoms with van der Waals surface area (Å²) in [6.45, 7) is 6.54. The van der Waals surface area contributed by atoms with Gasteiger partial charge in [0.2, 0.25) is 5.91 Å². The van der Waals surface area contributed by atoms with E-state index in [2.05, 4.69) is 56.0 Å². The van der Waals surface area contributed by atoms with E-state index >= 15 is 0 Å². The molecule has 0 saturated carbocycles. The van der Waals surface area contributed by atoms with Crippen LogP contribution in [0.15, 0.2) is 79.3 Å². The van der Waals surface area contributed by atoms with E-state index in [0.29, 0.717) is 5.11 Å². The summed E-state index contributed by atoms with van der Waals surface area (Å²) in [6, 6.07) is 19.8. The van der Waals surface area contributed by atoms with E-state index in [1.54, 1.807) is 6.20 Å². The topological polar surface area (TPSA) is 75.1 Å². The van der Waals surface area contributed by atoms with Crippen LogP contribution < -0.4 is 15.5 Å². The first kappa shape index (κ1) is 23.7. The van der Waals surface area contributed by atoms with Crippen LogP contribution in [0.1, 0.15) is 47.2 Å². The molecule has 0 bridgehead atoms. The summed E-state index contributed by atoms with van der Waals surface area (Å²) in [5.74, 6) is -0.102. The van der Waals surface area contributed by atoms with Crippen LogP contribution in [0.25, 0.3) is 0 Å². The Balaban J connectivity index is 1.58. The highest BCUT2D eigenvalue weighted by atomic mass is 32.1. The molecule has 1 aromatic carbocycles. The van der Waals surface area contributed by atoms with Gasteiger partial charge in [-0.15, -0.1) is 0 Å². The molecule has 0 spiro atoms. The van der Waals surface area contributed by atoms with Gasteiger partial charge in [0, 0.05) is 54.8 Å². The first-order valence-electron chi connectivity index (χ1n) is 11.9. The summed E-state index contributed by atoms with van der Waals surface area (Å²) >= 11 is 5.87. The second-order valence-electron chi connectivity index (χ2n) is 9.00. The summed E-state index contributed by atoms with van der Waals surface area (Å²) in [5.41, 5.74) is 7.31. The Morgan fingerprint density at radius 2 is 1.89 bits per heavy atom. The van der Waals surface area contributed by atoms with Crippen molar-refractivity contribution in [1.82, 2.24) is 19.9 Å². The molecular formula is C28H28N6OS. The maximum atomic E-state index is 11.5. The Morgan fingerprint density at radius 1 is 1.08 bits per heavy atom. The summed E-state index contributed by atoms with van der Waals surface area (Å²) in [4.78, 5) is 22.6. The van der Waals surface area contributed by atoms with Gasteiger partial charge in [-0.1, -0.05) is 12.1 Å². The zero-order chi connectivity index (χ0) is 25.2. The number of aromatic nitrogens is 3. The van der Waals surface area contributed by atoms with E-state index in [1.165, 1.54) is 23.9 Å². The van der Waals surface area contributed by atoms with E-state index in [9.17, 15) is 4.79 Å². The van der Waals surface area contributed by atoms with Crippen LogP contribution in [0.2, 0.25) is 0 Å². The number of carbonyl (C=O) groups is 1. The fraction of sp³-hybridized carbons (Fsp3) is 0.214. The Labute approximate surface area is 216 Å². The molecule has 0 aliphatic carbocycles. The third-order valence-electron chi connectivity index (χ3n) is 6.56. The van der Waals surface area contributed by atoms with Gasteiger partial charge in [-0.2, -0.15) is 0 Å². The van der Waals surface area contributed by atoms with Crippen molar-refractivity contribution in [3.8, 4) is 0 Å². The lowest BCUT2D eigenvalue weighted by Crippen LogP contribution is -2.29. The molecule has 1 amide bonds. The molecule has 0 unspecified atom stereocenters. The number of rotatable bonds is 6. The Kier molecular flexibility index (Phi) is 6.52. The molecular weight excluding hydrogens is 468 g/mol. The second kappa shape index (κ2) is 9.91. The zero-order valence-corrected chi connectivity index (χ0v) is 21.3. The number of aryl methyl sites for hydroxylation is 1. The average molecular weight is 497 g/mol. The molecule has 7 nitrogen and oxygen atoms in total. The van der Waals surface area contributed by atoms with Gasteiger partial charge in [0.25, 0.3) is 0 Å². The third kappa shape index (κ3) is 4.59. The smallest absolute Gasteiger partial charge is 0.221 e. The van der Waals surface area contributed by atoms with E-state index in [0.717, 1.165) is 29.2 Å². The first-order chi connectivity index (χ1) is 17.4. The fourth-order valence-corrected chi connectivity index (χ4v) is 5.25. The summed E-state index contributed by atoms with van der Waals surface area (Å²) < 4.78 is 2.32. The minimum Gasteiger partial charge on any atom is -0.351 e. The number of benzene rings is 1. The van der Waals surface area contributed by atoms with Crippen molar-refractivity contribution in [3.05, 3.63) is 107 Å². The summed E-state index contributed by atoms with van der Waals surface area (Å²) in [5, 5.41) is 6.99. The van der Waals surface area contributed by atoms with Gasteiger partial charge in [-0.05, 0) is 85.7 Å². The predicted molar refractivity (Wildman–Crippen MR) is 146 cm³/mol. The van der Waals surface area contributed by atoms with Crippen LogP contribution in [0, 0.1) is 13.8 Å². The lowest BCUT2D eigenvalue weighted by Gasteiger charge is -2.28. The highest BCUT2D eigenvalue weighted by Gasteiger charge is 2.42. The van der Waals surface area contributed by atoms with Gasteiger partial charge in [-0.25, -0.2) is 0 Å². The molecule has 3 aromatic heterocycles. The molecule has 1 aliphatic heterocycles. The minimum atomic E-state index is -0.124. The van der Waals surface area contributed by atoms with Crippen LogP contribution in [0.5, 0.6) is 0 Å². The molecule has 1 saturated heterocycles. The van der Waals surface area contributed by atoms with Crippen molar-refractivity contribution < 1.29 is 4.79 Å². The van der Waals surface area contributed by atoms with Gasteiger partial charge in [0.15, 0.2) is 5.11 Å². The zero-order valence-electron chi connectivity index (χ0n) is 20.5. The number of anilines is 2. The Hall–Kier alpha value is -4.04. The lowest BCUT2D eigenvalue weighted by molar-refractivity contribution is -0.114. The number of nitrogens with one attached hydrogen (secondary N) is 2. The summed E-state index contributed by atoms with van der Waals surface area (Å²) in [6.07, 6.45) is 5.51. The van der Waals surface area contributed by atoms with Gasteiger partial charge >= 0.3 is 0 Å². The number of hydrogen-bond donors (Lipinski definition) is 2. The van der Waals surface area contributed by atoms with Crippen molar-refractivity contribution in [3.63, 3.8) is 0 Å². The normalized spacial score (nSPS) is 17.2. The molecule has 4 heterocycles. The molecule has 0 radical (unpaired) electrons. The molecule has 1 fully saturated rings. The van der Waals surface area contributed by atoms with E-state index in [1.807, 2.05) is 60.9 Å². The molecule has 2 atom stereocenters. The van der Waals surface area contributed by atoms with E-state index < -0.39 is 0 Å². The maximum absolute atomic E-state index is 11.5. The van der Waals surface area contributed by atoms with Crippen LogP contribution in [0.4, 0.5) is 11.4 Å². The standard InChI is InChI=1S/C28H28N6OS/c1-18-15-24(19(2)33(18)17-21-7-6-13-29-16-21)27-26(25-8-4-5-14-30-25)32-28(36)34(27)23-11-9-22(10-12-23)31-20(3)35/h4-16,26-27H,17H2,1-3H3,(H,31,35)(H,32,36)/t26-,27+/m1/s1. The van der Waals surface area contributed by atoms with Crippen molar-refractivity contribution in [1.29, 1.82) is 0 Å². The molecule has 4 aromatic rings. The van der Waals surface area contributed by atoms with Crippen LogP contribution >= 0.6 is 12.2 Å². The number of pyridine rings is 2. The lowest BCUT2D eigenvalue weighted by atomic mass is 9.96. The fourth-order valence-electron chi connectivity index (χ4n) is 4.90. The van der Waals surface area contributed by atoms with Crippen LogP contribution in [-0.2, 0) is 11.3 Å². The monoisotopic (exact) mass is 496 g/mol. The molecule has 5 rings (SSSR count). The average Bonchev–Trinajstić information content (AvgIpc) is 3.36. The number of hydrogen-bond acceptors (Lipinski definition) is 4. The quantitative estimate of drug-likeness (QED) is 0.363. The maximum Gasteiger partial charge on any atom is 0.221 e. The largest absolute Gasteiger partial charge is 0.351 e. The van der Waals surface area contributed by atoms with Crippen molar-refractivity contribution >= 4 is 34.6 Å². The molecule has 182 valence electrons. The highest BCUT2D eigenvalue weighted by molar-refractivity contribution is 7.80. The number of nitrogens with zero attached hydrogens (tertiary/aromatic N) is 4. The van der Waals surface area contributed by atoms with Gasteiger partial charge < -0.3 is 20.1 Å². The van der Waals surface area contributed by atoms with Crippen LogP contribution in [-0.4, -0.2) is 25.6 Å². The van der Waals surface area contributed by atoms with E-state index in [4.69, 9.17) is 12.2 Å². The SMILES string of the molecule is CC(=O)Nc1ccc(N2C(=S)N[C@H](c3ccccn3)[C@@H]2c2cc(C)n(Cc3cccnc3)c2C)cc1. The highest BCUT2D eigenvalue weighted by Crippen LogP contribution is 2.43. The predicted octanol–water partition coefficient (Wildman–Crippen LogP) is 5.08. The Morgan fingerprint density at radius 3 is 2.56 bits per heavy atom. The number of thiocarbonyl (C=S) groups is 1. The van der Waals surface area contributed by atoms with Gasteiger partial charge in [-0.3, -0.25) is 14.8 Å². The number of amides is 1. The third-order valence-corrected chi connectivity index (χ3v) is 6.87. The first-order valence-corrected chi connectivity index (χ1v) is 12.3. The second-order valence-corrected chi connectivity index (χ2v) is 9.39. The van der Waals surface area contributed by atoms with E-state index in [-0.39, 0.29) is 18.0 Å². The van der Waals surface area contributed by atoms with Crippen molar-refractivity contribution in [2.24, 2.45) is 0 Å². The van der Waals surface area contributed by atoms with Gasteiger partial charge in [0.1, 0.15) is 0 Å². The summed E-state index contributed by atoms with van der Waals surface area (Å²) in [7, 11) is 0. The van der Waals surface area contributed by atoms with Crippen molar-refractivity contribution in [2.75, 3.05) is 10.2 Å². The van der Waals surface area contributed by atoms with Crippen LogP contribution in [0.3, 0.4) is 0 Å². The molecule has 8 heteroatoms. The van der Waals surface area contributed by atoms with Crippen molar-refractivity contribution in [2.45, 2.75) is 39.4 Å². The Bertz CT molecular complexity index is 1390. The minimum absolute atomic E-state index is 0.102. The molecule has 2 N–H and O–H groups in total. The molecule has 1 aliphatic rings. The van der Waals surface area contributed by atoms with Gasteiger partial charge in [0.05, 0.1) is 17.8 Å².